The van der Waals surface area contributed by atoms with Crippen LogP contribution in [0.1, 0.15) is 194 Å². The van der Waals surface area contributed by atoms with Crippen molar-refractivity contribution in [2.45, 2.75) is 200 Å². The smallest absolute Gasteiger partial charge is 0.306 e. The van der Waals surface area contributed by atoms with Crippen molar-refractivity contribution in [3.63, 3.8) is 0 Å². The molecule has 0 aliphatic heterocycles. The molecule has 0 amide bonds. The summed E-state index contributed by atoms with van der Waals surface area (Å²) in [4.78, 5) is 36.8. The van der Waals surface area contributed by atoms with Crippen molar-refractivity contribution in [3.05, 3.63) is 0 Å². The van der Waals surface area contributed by atoms with E-state index in [0.29, 0.717) is 6.42 Å². The first-order chi connectivity index (χ1) is 22.8. The molecular weight excluding hydrogens is 617 g/mol. The van der Waals surface area contributed by atoms with E-state index in [-0.39, 0.29) is 32.6 Å². The summed E-state index contributed by atoms with van der Waals surface area (Å²) in [6, 6.07) is 0. The van der Waals surface area contributed by atoms with Crippen LogP contribution in [0.15, 0.2) is 0 Å². The first-order valence-electron chi connectivity index (χ1n) is 19.5. The lowest BCUT2D eigenvalue weighted by Crippen LogP contribution is -2.30. The van der Waals surface area contributed by atoms with Gasteiger partial charge in [-0.2, -0.15) is 0 Å². The second-order valence-corrected chi connectivity index (χ2v) is 14.6. The largest absolute Gasteiger partial charge is 0.756 e. The Bertz CT molecular complexity index is 754. The van der Waals surface area contributed by atoms with Gasteiger partial charge in [-0.1, -0.05) is 168 Å². The molecule has 0 aromatic carbocycles. The molecule has 0 aliphatic carbocycles. The summed E-state index contributed by atoms with van der Waals surface area (Å²) in [6.07, 6.45) is 31.0. The Kier molecular flexibility index (Phi) is 34.1. The minimum absolute atomic E-state index is 0.0178. The summed E-state index contributed by atoms with van der Waals surface area (Å²) in [5.74, 6) is -0.854. The second-order valence-electron chi connectivity index (χ2n) is 13.1. The molecule has 0 aromatic heterocycles. The summed E-state index contributed by atoms with van der Waals surface area (Å²) in [5, 5.41) is 0. The number of hydrogen-bond donors (Lipinski definition) is 1. The monoisotopic (exact) mass is 691 g/mol. The van der Waals surface area contributed by atoms with E-state index in [2.05, 4.69) is 18.4 Å². The Balaban J connectivity index is 4.18. The minimum atomic E-state index is -4.61. The third-order valence-corrected chi connectivity index (χ3v) is 9.45. The molecular formula is C37H73NO8P-. The zero-order chi connectivity index (χ0) is 34.7. The Morgan fingerprint density at radius 3 is 1.30 bits per heavy atom. The van der Waals surface area contributed by atoms with E-state index < -0.39 is 32.5 Å². The molecule has 2 N–H and O–H groups in total. The fourth-order valence-corrected chi connectivity index (χ4v) is 6.32. The van der Waals surface area contributed by atoms with Gasteiger partial charge in [-0.15, -0.1) is 0 Å². The highest BCUT2D eigenvalue weighted by molar-refractivity contribution is 7.45. The fraction of sp³-hybridized carbons (Fsp3) is 0.946. The summed E-state index contributed by atoms with van der Waals surface area (Å²) in [7, 11) is -4.61. The van der Waals surface area contributed by atoms with Gasteiger partial charge in [0.15, 0.2) is 6.10 Å². The molecule has 47 heavy (non-hydrogen) atoms. The van der Waals surface area contributed by atoms with E-state index in [0.717, 1.165) is 38.5 Å². The maximum atomic E-state index is 12.5. The van der Waals surface area contributed by atoms with E-state index >= 15 is 0 Å². The first kappa shape index (κ1) is 46.0. The van der Waals surface area contributed by atoms with Crippen molar-refractivity contribution < 1.29 is 37.6 Å². The van der Waals surface area contributed by atoms with Gasteiger partial charge in [-0.3, -0.25) is 14.2 Å². The predicted octanol–water partition coefficient (Wildman–Crippen LogP) is 9.86. The van der Waals surface area contributed by atoms with Gasteiger partial charge < -0.3 is 29.1 Å². The van der Waals surface area contributed by atoms with E-state index in [4.69, 9.17) is 19.7 Å². The van der Waals surface area contributed by atoms with Gasteiger partial charge >= 0.3 is 11.9 Å². The Morgan fingerprint density at radius 1 is 0.553 bits per heavy atom. The lowest BCUT2D eigenvalue weighted by atomic mass is 10.0. The fourth-order valence-electron chi connectivity index (χ4n) is 5.57. The van der Waals surface area contributed by atoms with Crippen molar-refractivity contribution in [1.82, 2.24) is 0 Å². The molecule has 2 atom stereocenters. The number of unbranched alkanes of at least 4 members (excludes halogenated alkanes) is 24. The highest BCUT2D eigenvalue weighted by atomic mass is 31.2. The lowest BCUT2D eigenvalue weighted by molar-refractivity contribution is -0.228. The number of carbonyl (C=O) groups excluding carboxylic acids is 2. The highest BCUT2D eigenvalue weighted by Crippen LogP contribution is 2.38. The third kappa shape index (κ3) is 34.7. The van der Waals surface area contributed by atoms with Gasteiger partial charge in [0.05, 0.1) is 13.2 Å². The van der Waals surface area contributed by atoms with Gasteiger partial charge in [0.2, 0.25) is 0 Å². The number of phosphoric acid groups is 1. The van der Waals surface area contributed by atoms with Gasteiger partial charge in [-0.25, -0.2) is 0 Å². The van der Waals surface area contributed by atoms with Crippen LogP contribution in [-0.4, -0.2) is 44.4 Å². The molecule has 0 rings (SSSR count). The predicted molar refractivity (Wildman–Crippen MR) is 190 cm³/mol. The van der Waals surface area contributed by atoms with Crippen LogP contribution in [0.3, 0.4) is 0 Å². The molecule has 2 unspecified atom stereocenters. The number of esters is 2. The van der Waals surface area contributed by atoms with Gasteiger partial charge in [-0.05, 0) is 12.8 Å². The molecule has 0 heterocycles. The third-order valence-electron chi connectivity index (χ3n) is 8.48. The summed E-state index contributed by atoms with van der Waals surface area (Å²) >= 11 is 0. The number of nitrogens with two attached hydrogens (primary N) is 1. The molecule has 280 valence electrons. The zero-order valence-corrected chi connectivity index (χ0v) is 31.4. The zero-order valence-electron chi connectivity index (χ0n) is 30.5. The molecule has 0 aromatic rings. The van der Waals surface area contributed by atoms with Crippen LogP contribution in [0.25, 0.3) is 0 Å². The van der Waals surface area contributed by atoms with Crippen LogP contribution in [0.2, 0.25) is 0 Å². The van der Waals surface area contributed by atoms with E-state index in [1.807, 2.05) is 0 Å². The molecule has 0 fully saturated rings. The van der Waals surface area contributed by atoms with Crippen LogP contribution in [-0.2, 0) is 32.7 Å². The number of phosphoric ester groups is 1. The number of hydrogen-bond acceptors (Lipinski definition) is 9. The van der Waals surface area contributed by atoms with Crippen LogP contribution in [0.4, 0.5) is 0 Å². The van der Waals surface area contributed by atoms with Crippen molar-refractivity contribution in [1.29, 1.82) is 0 Å². The van der Waals surface area contributed by atoms with Crippen LogP contribution in [0.5, 0.6) is 0 Å². The highest BCUT2D eigenvalue weighted by Gasteiger charge is 2.21. The SMILES string of the molecule is CCCCCCCCCCCCCCCC(=O)OCC(COP(=O)([O-])OCCN)OC(=O)CCCCCCCCCCCCCCC. The number of rotatable bonds is 37. The van der Waals surface area contributed by atoms with Crippen molar-refractivity contribution >= 4 is 19.8 Å². The summed E-state index contributed by atoms with van der Waals surface area (Å²) < 4.78 is 32.3. The van der Waals surface area contributed by atoms with E-state index in [1.165, 1.54) is 122 Å². The first-order valence-corrected chi connectivity index (χ1v) is 21.0. The molecule has 0 bridgehead atoms. The summed E-state index contributed by atoms with van der Waals surface area (Å²) in [5.41, 5.74) is 5.30. The van der Waals surface area contributed by atoms with Crippen LogP contribution in [0, 0.1) is 0 Å². The molecule has 0 saturated heterocycles. The van der Waals surface area contributed by atoms with Crippen LogP contribution >= 0.6 is 7.82 Å². The Morgan fingerprint density at radius 2 is 0.915 bits per heavy atom. The minimum Gasteiger partial charge on any atom is -0.756 e. The number of carbonyl (C=O) groups is 2. The number of ether oxygens (including phenoxy) is 2. The normalized spacial score (nSPS) is 13.4. The Hall–Kier alpha value is -0.990. The standard InChI is InChI=1S/C37H74NO8P/c1-3-5-7-9-11-13-15-17-19-21-23-25-27-29-36(39)43-33-35(34-45-47(41,42)44-32-31-38)46-37(40)30-28-26-24-22-20-18-16-14-12-10-8-6-4-2/h35H,3-34,38H2,1-2H3,(H,41,42)/p-1. The molecule has 0 aliphatic rings. The average molecular weight is 691 g/mol. The molecule has 9 nitrogen and oxygen atoms in total. The quantitative estimate of drug-likeness (QED) is 0.0383. The second kappa shape index (κ2) is 34.9. The van der Waals surface area contributed by atoms with Crippen molar-refractivity contribution in [2.75, 3.05) is 26.4 Å². The van der Waals surface area contributed by atoms with E-state index in [9.17, 15) is 19.0 Å². The van der Waals surface area contributed by atoms with Gasteiger partial charge in [0.25, 0.3) is 7.82 Å². The maximum absolute atomic E-state index is 12.5. The summed E-state index contributed by atoms with van der Waals surface area (Å²) in [6.45, 7) is 3.55. The molecule has 0 radical (unpaired) electrons. The topological polar surface area (TPSA) is 137 Å². The molecule has 0 saturated carbocycles. The van der Waals surface area contributed by atoms with E-state index in [1.54, 1.807) is 0 Å². The van der Waals surface area contributed by atoms with Crippen molar-refractivity contribution in [2.24, 2.45) is 5.73 Å². The average Bonchev–Trinajstić information content (AvgIpc) is 3.05. The van der Waals surface area contributed by atoms with Gasteiger partial charge in [0.1, 0.15) is 6.61 Å². The Labute approximate surface area is 288 Å². The maximum Gasteiger partial charge on any atom is 0.306 e. The molecule has 10 heteroatoms. The van der Waals surface area contributed by atoms with Gasteiger partial charge in [0, 0.05) is 19.4 Å². The molecule has 0 spiro atoms. The van der Waals surface area contributed by atoms with Crippen molar-refractivity contribution in [3.8, 4) is 0 Å². The lowest BCUT2D eigenvalue weighted by Gasteiger charge is -2.25. The van der Waals surface area contributed by atoms with Crippen LogP contribution < -0.4 is 10.6 Å².